The number of allylic oxidation sites excluding steroid dienone is 2. The summed E-state index contributed by atoms with van der Waals surface area (Å²) in [4.78, 5) is 0. The molecule has 1 aliphatic rings. The van der Waals surface area contributed by atoms with Crippen LogP contribution >= 0.6 is 15.9 Å². The predicted octanol–water partition coefficient (Wildman–Crippen LogP) is 4.53. The molecule has 0 amide bonds. The normalized spacial score (nSPS) is 15.7. The number of halogens is 1. The van der Waals surface area contributed by atoms with E-state index >= 15 is 0 Å². The molecule has 2 aromatic heterocycles. The van der Waals surface area contributed by atoms with Gasteiger partial charge in [-0.25, -0.2) is 4.68 Å². The van der Waals surface area contributed by atoms with Gasteiger partial charge in [0.05, 0.1) is 30.7 Å². The van der Waals surface area contributed by atoms with Crippen LogP contribution in [0.1, 0.15) is 22.4 Å². The topological polar surface area (TPSA) is 54.1 Å². The molecule has 0 atom stereocenters. The molecule has 7 heteroatoms. The van der Waals surface area contributed by atoms with Crippen molar-refractivity contribution < 1.29 is 9.47 Å². The van der Waals surface area contributed by atoms with Crippen molar-refractivity contribution in [1.82, 2.24) is 19.6 Å². The van der Waals surface area contributed by atoms with Gasteiger partial charge in [-0.1, -0.05) is 24.8 Å². The van der Waals surface area contributed by atoms with Crippen molar-refractivity contribution in [3.05, 3.63) is 64.0 Å². The van der Waals surface area contributed by atoms with E-state index in [4.69, 9.17) is 9.47 Å². The highest BCUT2D eigenvalue weighted by molar-refractivity contribution is 9.10. The largest absolute Gasteiger partial charge is 0.475 e. The molecule has 4 rings (SSSR count). The van der Waals surface area contributed by atoms with Gasteiger partial charge < -0.3 is 9.47 Å². The molecule has 0 unspecified atom stereocenters. The van der Waals surface area contributed by atoms with Gasteiger partial charge in [0.25, 0.3) is 0 Å². The molecular weight excluding hydrogens is 432 g/mol. The summed E-state index contributed by atoms with van der Waals surface area (Å²) in [6.45, 7) is 7.72. The summed E-state index contributed by atoms with van der Waals surface area (Å²) in [7, 11) is 3.79. The van der Waals surface area contributed by atoms with E-state index in [-0.39, 0.29) is 0 Å². The number of fused-ring (bicyclic) bond motifs is 5. The number of ether oxygens (including phenoxy) is 2. The Morgan fingerprint density at radius 2 is 1.93 bits per heavy atom. The average Bonchev–Trinajstić information content (AvgIpc) is 3.18. The third kappa shape index (κ3) is 3.80. The second kappa shape index (κ2) is 8.00. The fraction of sp³-hybridized carbons (Fsp3) is 0.273. The van der Waals surface area contributed by atoms with Crippen LogP contribution in [0.5, 0.6) is 5.88 Å². The van der Waals surface area contributed by atoms with E-state index in [2.05, 4.69) is 57.8 Å². The third-order valence-electron chi connectivity index (χ3n) is 5.10. The SMILES string of the molecule is C=C1/C=C/c2c(Br)nn(C)c2COCCOc2c(cnn2C)-c2ccc(C)c1c2. The van der Waals surface area contributed by atoms with Gasteiger partial charge in [-0.15, -0.1) is 0 Å². The van der Waals surface area contributed by atoms with Gasteiger partial charge in [-0.3, -0.25) is 4.68 Å². The number of aryl methyl sites for hydroxylation is 3. The summed E-state index contributed by atoms with van der Waals surface area (Å²) < 4.78 is 16.2. The summed E-state index contributed by atoms with van der Waals surface area (Å²) >= 11 is 3.55. The van der Waals surface area contributed by atoms with Crippen LogP contribution < -0.4 is 4.74 Å². The molecule has 0 saturated carbocycles. The molecule has 0 N–H and O–H groups in total. The van der Waals surface area contributed by atoms with Gasteiger partial charge in [0.2, 0.25) is 5.88 Å². The Morgan fingerprint density at radius 3 is 2.76 bits per heavy atom. The monoisotopic (exact) mass is 454 g/mol. The maximum atomic E-state index is 6.02. The molecule has 2 bridgehead atoms. The first kappa shape index (κ1) is 19.7. The number of hydrogen-bond acceptors (Lipinski definition) is 4. The maximum Gasteiger partial charge on any atom is 0.219 e. The van der Waals surface area contributed by atoms with Crippen LogP contribution in [0.2, 0.25) is 0 Å². The van der Waals surface area contributed by atoms with Crippen molar-refractivity contribution in [1.29, 1.82) is 0 Å². The van der Waals surface area contributed by atoms with E-state index in [1.54, 1.807) is 4.68 Å². The average molecular weight is 455 g/mol. The number of rotatable bonds is 0. The molecule has 150 valence electrons. The van der Waals surface area contributed by atoms with Crippen LogP contribution in [-0.4, -0.2) is 32.8 Å². The molecule has 0 aliphatic carbocycles. The molecule has 6 nitrogen and oxygen atoms in total. The molecule has 0 saturated heterocycles. The number of benzene rings is 1. The second-order valence-electron chi connectivity index (χ2n) is 7.05. The Kier molecular flexibility index (Phi) is 5.43. The van der Waals surface area contributed by atoms with E-state index in [9.17, 15) is 0 Å². The Hall–Kier alpha value is -2.64. The minimum Gasteiger partial charge on any atom is -0.475 e. The molecule has 0 spiro atoms. The zero-order valence-electron chi connectivity index (χ0n) is 16.8. The Balaban J connectivity index is 1.81. The molecule has 1 aliphatic heterocycles. The molecule has 3 heterocycles. The first-order valence-corrected chi connectivity index (χ1v) is 10.2. The molecule has 1 aromatic carbocycles. The van der Waals surface area contributed by atoms with Crippen LogP contribution in [0, 0.1) is 6.92 Å². The highest BCUT2D eigenvalue weighted by Gasteiger charge is 2.16. The highest BCUT2D eigenvalue weighted by Crippen LogP contribution is 2.33. The van der Waals surface area contributed by atoms with E-state index < -0.39 is 0 Å². The molecule has 29 heavy (non-hydrogen) atoms. The highest BCUT2D eigenvalue weighted by atomic mass is 79.9. The van der Waals surface area contributed by atoms with E-state index in [1.807, 2.05) is 37.1 Å². The lowest BCUT2D eigenvalue weighted by Gasteiger charge is -2.11. The van der Waals surface area contributed by atoms with Gasteiger partial charge >= 0.3 is 0 Å². The van der Waals surface area contributed by atoms with Crippen LogP contribution in [0.4, 0.5) is 0 Å². The fourth-order valence-electron chi connectivity index (χ4n) is 3.45. The predicted molar refractivity (Wildman–Crippen MR) is 118 cm³/mol. The lowest BCUT2D eigenvalue weighted by molar-refractivity contribution is 0.0825. The van der Waals surface area contributed by atoms with Crippen LogP contribution in [0.25, 0.3) is 22.8 Å². The van der Waals surface area contributed by atoms with Crippen LogP contribution in [-0.2, 0) is 25.4 Å². The lowest BCUT2D eigenvalue weighted by atomic mass is 9.96. The Morgan fingerprint density at radius 1 is 1.10 bits per heavy atom. The number of aromatic nitrogens is 4. The van der Waals surface area contributed by atoms with Crippen molar-refractivity contribution in [2.75, 3.05) is 13.2 Å². The number of nitrogens with zero attached hydrogens (tertiary/aromatic N) is 4. The zero-order valence-corrected chi connectivity index (χ0v) is 18.4. The first-order valence-electron chi connectivity index (χ1n) is 9.38. The van der Waals surface area contributed by atoms with Gasteiger partial charge in [-0.2, -0.15) is 10.2 Å². The summed E-state index contributed by atoms with van der Waals surface area (Å²) in [5.74, 6) is 0.725. The van der Waals surface area contributed by atoms with Crippen LogP contribution in [0.3, 0.4) is 0 Å². The molecule has 0 radical (unpaired) electrons. The van der Waals surface area contributed by atoms with E-state index in [0.29, 0.717) is 19.8 Å². The summed E-state index contributed by atoms with van der Waals surface area (Å²) in [5.41, 5.74) is 7.15. The number of hydrogen-bond donors (Lipinski definition) is 0. The van der Waals surface area contributed by atoms with Crippen molar-refractivity contribution in [2.45, 2.75) is 13.5 Å². The minimum atomic E-state index is 0.433. The fourth-order valence-corrected chi connectivity index (χ4v) is 4.05. The summed E-state index contributed by atoms with van der Waals surface area (Å²) in [6, 6.07) is 6.33. The van der Waals surface area contributed by atoms with Crippen molar-refractivity contribution in [3.63, 3.8) is 0 Å². The first-order chi connectivity index (χ1) is 14.0. The third-order valence-corrected chi connectivity index (χ3v) is 5.68. The van der Waals surface area contributed by atoms with Gasteiger partial charge in [0.15, 0.2) is 0 Å². The van der Waals surface area contributed by atoms with Crippen molar-refractivity contribution >= 4 is 27.6 Å². The van der Waals surface area contributed by atoms with Gasteiger partial charge in [0, 0.05) is 19.7 Å². The van der Waals surface area contributed by atoms with Gasteiger partial charge in [0.1, 0.15) is 11.2 Å². The van der Waals surface area contributed by atoms with E-state index in [1.165, 1.54) is 0 Å². The molecular formula is C22H23BrN4O2. The zero-order chi connectivity index (χ0) is 20.5. The molecule has 0 fully saturated rings. The van der Waals surface area contributed by atoms with Crippen LogP contribution in [0.15, 0.2) is 41.7 Å². The van der Waals surface area contributed by atoms with E-state index in [0.717, 1.165) is 49.6 Å². The quantitative estimate of drug-likeness (QED) is 0.500. The maximum absolute atomic E-state index is 6.02. The minimum absolute atomic E-state index is 0.433. The second-order valence-corrected chi connectivity index (χ2v) is 7.80. The van der Waals surface area contributed by atoms with Crippen molar-refractivity contribution in [2.24, 2.45) is 14.1 Å². The lowest BCUT2D eigenvalue weighted by Crippen LogP contribution is -2.11. The molecule has 3 aromatic rings. The Bertz CT molecular complexity index is 1110. The Labute approximate surface area is 178 Å². The smallest absolute Gasteiger partial charge is 0.219 e. The van der Waals surface area contributed by atoms with Gasteiger partial charge in [-0.05, 0) is 57.3 Å². The summed E-state index contributed by atoms with van der Waals surface area (Å²) in [6.07, 6.45) is 5.90. The standard InChI is InChI=1S/C22H23BrN4O2/c1-14-5-7-16-11-18(14)15(2)6-8-17-20(26(3)25-21(17)23)13-28-9-10-29-22-19(16)12-24-27(22)4/h5-8,11-12H,2,9-10,13H2,1,3-4H3/b8-6+. The summed E-state index contributed by atoms with van der Waals surface area (Å²) in [5, 5.41) is 8.85. The van der Waals surface area contributed by atoms with Crippen molar-refractivity contribution in [3.8, 4) is 17.0 Å².